The second-order valence-electron chi connectivity index (χ2n) is 6.88. The molecule has 1 spiro atoms. The molecule has 1 aromatic carbocycles. The molecule has 126 valence electrons. The van der Waals surface area contributed by atoms with Gasteiger partial charge in [-0.2, -0.15) is 0 Å². The summed E-state index contributed by atoms with van der Waals surface area (Å²) in [6, 6.07) is 7.98. The standard InChI is InChI=1S/C18H25NO3S/c1-12(2)13-3-5-14(6-4-13)22-15-7-9-18(10-8-15)19-16(11-23-18)17(20)21/h3-6,12,15-16,19H,7-11H2,1-2H3,(H,20,21)/t15?,16-,18?/m0/s1. The molecule has 0 bridgehead atoms. The van der Waals surface area contributed by atoms with Crippen molar-refractivity contribution >= 4 is 17.7 Å². The van der Waals surface area contributed by atoms with Gasteiger partial charge in [-0.25, -0.2) is 0 Å². The Morgan fingerprint density at radius 1 is 1.30 bits per heavy atom. The van der Waals surface area contributed by atoms with Crippen molar-refractivity contribution in [3.8, 4) is 5.75 Å². The number of carboxylic acids is 1. The van der Waals surface area contributed by atoms with E-state index in [0.29, 0.717) is 11.7 Å². The second-order valence-corrected chi connectivity index (χ2v) is 8.28. The molecule has 3 rings (SSSR count). The number of carboxylic acid groups (broad SMARTS) is 1. The lowest BCUT2D eigenvalue weighted by atomic mass is 9.91. The summed E-state index contributed by atoms with van der Waals surface area (Å²) in [5.41, 5.74) is 1.33. The smallest absolute Gasteiger partial charge is 0.321 e. The summed E-state index contributed by atoms with van der Waals surface area (Å²) >= 11 is 1.77. The van der Waals surface area contributed by atoms with Crippen LogP contribution in [0.3, 0.4) is 0 Å². The molecule has 0 amide bonds. The van der Waals surface area contributed by atoms with E-state index in [9.17, 15) is 4.79 Å². The highest BCUT2D eigenvalue weighted by atomic mass is 32.2. The van der Waals surface area contributed by atoms with Gasteiger partial charge in [-0.05, 0) is 49.3 Å². The third-order valence-electron chi connectivity index (χ3n) is 4.85. The van der Waals surface area contributed by atoms with Crippen molar-refractivity contribution < 1.29 is 14.6 Å². The summed E-state index contributed by atoms with van der Waals surface area (Å²) in [5.74, 6) is 1.40. The molecule has 1 aromatic rings. The van der Waals surface area contributed by atoms with Crippen LogP contribution in [-0.4, -0.2) is 33.8 Å². The fraction of sp³-hybridized carbons (Fsp3) is 0.611. The highest BCUT2D eigenvalue weighted by molar-refractivity contribution is 8.00. The van der Waals surface area contributed by atoms with Crippen molar-refractivity contribution in [3.63, 3.8) is 0 Å². The van der Waals surface area contributed by atoms with Gasteiger partial charge in [0.25, 0.3) is 0 Å². The summed E-state index contributed by atoms with van der Waals surface area (Å²) in [4.78, 5) is 11.1. The molecule has 1 heterocycles. The molecular weight excluding hydrogens is 310 g/mol. The van der Waals surface area contributed by atoms with Gasteiger partial charge in [-0.3, -0.25) is 10.1 Å². The lowest BCUT2D eigenvalue weighted by Gasteiger charge is -2.37. The first kappa shape index (κ1) is 16.7. The number of rotatable bonds is 4. The van der Waals surface area contributed by atoms with Crippen molar-refractivity contribution in [1.82, 2.24) is 5.32 Å². The predicted molar refractivity (Wildman–Crippen MR) is 93.2 cm³/mol. The second kappa shape index (κ2) is 6.73. The quantitative estimate of drug-likeness (QED) is 0.880. The maximum absolute atomic E-state index is 11.1. The maximum atomic E-state index is 11.1. The number of nitrogens with one attached hydrogen (secondary N) is 1. The van der Waals surface area contributed by atoms with E-state index in [-0.39, 0.29) is 11.0 Å². The molecule has 2 aliphatic rings. The Hall–Kier alpha value is -1.20. The average molecular weight is 335 g/mol. The largest absolute Gasteiger partial charge is 0.490 e. The van der Waals surface area contributed by atoms with Crippen LogP contribution in [0.4, 0.5) is 0 Å². The van der Waals surface area contributed by atoms with Gasteiger partial charge in [0, 0.05) is 5.75 Å². The Morgan fingerprint density at radius 2 is 1.96 bits per heavy atom. The van der Waals surface area contributed by atoms with Crippen LogP contribution < -0.4 is 10.1 Å². The minimum Gasteiger partial charge on any atom is -0.490 e. The van der Waals surface area contributed by atoms with E-state index in [2.05, 4.69) is 43.4 Å². The predicted octanol–water partition coefficient (Wildman–Crippen LogP) is 3.62. The number of hydrogen-bond acceptors (Lipinski definition) is 4. The number of thioether (sulfide) groups is 1. The molecule has 1 aliphatic heterocycles. The molecule has 0 unspecified atom stereocenters. The lowest BCUT2D eigenvalue weighted by Crippen LogP contribution is -2.48. The summed E-state index contributed by atoms with van der Waals surface area (Å²) in [7, 11) is 0. The van der Waals surface area contributed by atoms with Crippen LogP contribution in [0.1, 0.15) is 51.0 Å². The van der Waals surface area contributed by atoms with Gasteiger partial charge >= 0.3 is 5.97 Å². The summed E-state index contributed by atoms with van der Waals surface area (Å²) < 4.78 is 6.11. The van der Waals surface area contributed by atoms with Crippen LogP contribution in [0, 0.1) is 0 Å². The number of carbonyl (C=O) groups is 1. The van der Waals surface area contributed by atoms with Crippen molar-refractivity contribution in [2.45, 2.75) is 62.5 Å². The zero-order chi connectivity index (χ0) is 16.4. The first-order valence-corrected chi connectivity index (χ1v) is 9.37. The molecule has 1 aliphatic carbocycles. The third-order valence-corrected chi connectivity index (χ3v) is 6.43. The minimum atomic E-state index is -0.738. The number of aliphatic carboxylic acids is 1. The number of benzene rings is 1. The number of ether oxygens (including phenoxy) is 1. The Labute approximate surface area is 142 Å². The van der Waals surface area contributed by atoms with E-state index < -0.39 is 12.0 Å². The lowest BCUT2D eigenvalue weighted by molar-refractivity contribution is -0.139. The zero-order valence-electron chi connectivity index (χ0n) is 13.7. The highest BCUT2D eigenvalue weighted by Gasteiger charge is 2.44. The minimum absolute atomic E-state index is 0.0512. The van der Waals surface area contributed by atoms with E-state index >= 15 is 0 Å². The normalized spacial score (nSPS) is 30.7. The van der Waals surface area contributed by atoms with E-state index in [0.717, 1.165) is 31.4 Å². The molecule has 2 N–H and O–H groups in total. The molecular formula is C18H25NO3S. The zero-order valence-corrected chi connectivity index (χ0v) is 14.6. The SMILES string of the molecule is CC(C)c1ccc(OC2CCC3(CC2)N[C@H](C(=O)O)CS3)cc1. The highest BCUT2D eigenvalue weighted by Crippen LogP contribution is 2.43. The monoisotopic (exact) mass is 335 g/mol. The molecule has 5 heteroatoms. The van der Waals surface area contributed by atoms with Gasteiger partial charge in [-0.1, -0.05) is 26.0 Å². The molecule has 4 nitrogen and oxygen atoms in total. The molecule has 1 saturated heterocycles. The van der Waals surface area contributed by atoms with Gasteiger partial charge in [0.1, 0.15) is 11.8 Å². The summed E-state index contributed by atoms with van der Waals surface area (Å²) in [5, 5.41) is 12.5. The van der Waals surface area contributed by atoms with Gasteiger partial charge in [0.15, 0.2) is 0 Å². The average Bonchev–Trinajstić information content (AvgIpc) is 2.95. The van der Waals surface area contributed by atoms with E-state index in [1.54, 1.807) is 11.8 Å². The van der Waals surface area contributed by atoms with Crippen LogP contribution in [-0.2, 0) is 4.79 Å². The van der Waals surface area contributed by atoms with Crippen LogP contribution in [0.2, 0.25) is 0 Å². The Bertz CT molecular complexity index is 550. The Balaban J connectivity index is 1.52. The fourth-order valence-electron chi connectivity index (χ4n) is 3.36. The number of hydrogen-bond donors (Lipinski definition) is 2. The van der Waals surface area contributed by atoms with Crippen molar-refractivity contribution in [2.24, 2.45) is 0 Å². The van der Waals surface area contributed by atoms with Crippen molar-refractivity contribution in [1.29, 1.82) is 0 Å². The van der Waals surface area contributed by atoms with Gasteiger partial charge < -0.3 is 9.84 Å². The molecule has 1 atom stereocenters. The summed E-state index contributed by atoms with van der Waals surface area (Å²) in [6.07, 6.45) is 4.11. The molecule has 1 saturated carbocycles. The maximum Gasteiger partial charge on any atom is 0.321 e. The fourth-order valence-corrected chi connectivity index (χ4v) is 4.83. The van der Waals surface area contributed by atoms with Crippen LogP contribution >= 0.6 is 11.8 Å². The van der Waals surface area contributed by atoms with E-state index in [1.165, 1.54) is 5.56 Å². The van der Waals surface area contributed by atoms with E-state index in [1.807, 2.05) is 0 Å². The van der Waals surface area contributed by atoms with Crippen molar-refractivity contribution in [2.75, 3.05) is 5.75 Å². The van der Waals surface area contributed by atoms with E-state index in [4.69, 9.17) is 9.84 Å². The van der Waals surface area contributed by atoms with Crippen LogP contribution in [0.25, 0.3) is 0 Å². The van der Waals surface area contributed by atoms with Crippen LogP contribution in [0.15, 0.2) is 24.3 Å². The van der Waals surface area contributed by atoms with Gasteiger partial charge in [0.2, 0.25) is 0 Å². The van der Waals surface area contributed by atoms with Gasteiger partial charge in [-0.15, -0.1) is 11.8 Å². The molecule has 0 radical (unpaired) electrons. The molecule has 0 aromatic heterocycles. The molecule has 2 fully saturated rings. The Kier molecular flexibility index (Phi) is 4.87. The first-order valence-electron chi connectivity index (χ1n) is 8.38. The topological polar surface area (TPSA) is 58.6 Å². The van der Waals surface area contributed by atoms with Crippen LogP contribution in [0.5, 0.6) is 5.75 Å². The Morgan fingerprint density at radius 3 is 2.48 bits per heavy atom. The first-order chi connectivity index (χ1) is 11.0. The third kappa shape index (κ3) is 3.83. The molecule has 23 heavy (non-hydrogen) atoms. The van der Waals surface area contributed by atoms with Crippen molar-refractivity contribution in [3.05, 3.63) is 29.8 Å². The van der Waals surface area contributed by atoms with Gasteiger partial charge in [0.05, 0.1) is 11.0 Å². The summed E-state index contributed by atoms with van der Waals surface area (Å²) in [6.45, 7) is 4.38.